The number of likely N-dealkylation sites (N-methyl/N-ethyl adjacent to an activating group) is 1. The first-order chi connectivity index (χ1) is 17.6. The van der Waals surface area contributed by atoms with Crippen LogP contribution in [0.25, 0.3) is 0 Å². The summed E-state index contributed by atoms with van der Waals surface area (Å²) in [6, 6.07) is -0.832. The van der Waals surface area contributed by atoms with Gasteiger partial charge < -0.3 is 36.0 Å². The molecule has 3 saturated heterocycles. The molecule has 3 aliphatic rings. The van der Waals surface area contributed by atoms with Crippen LogP contribution in [0, 0.1) is 5.92 Å². The molecule has 0 bridgehead atoms. The zero-order chi connectivity index (χ0) is 27.3. The van der Waals surface area contributed by atoms with Crippen molar-refractivity contribution in [3.05, 3.63) is 0 Å². The Labute approximate surface area is 229 Å². The van der Waals surface area contributed by atoms with Crippen LogP contribution in [-0.4, -0.2) is 129 Å². The number of nitrogens with zero attached hydrogens (tertiary/aromatic N) is 2. The minimum atomic E-state index is -1.37. The molecule has 0 aromatic carbocycles. The largest absolute Gasteiger partial charge is 0.388 e. The van der Waals surface area contributed by atoms with Crippen molar-refractivity contribution in [2.75, 3.05) is 39.5 Å². The quantitative estimate of drug-likeness (QED) is 0.243. The van der Waals surface area contributed by atoms with Gasteiger partial charge in [-0.15, -0.1) is 11.8 Å². The lowest BCUT2D eigenvalue weighted by molar-refractivity contribution is -0.205. The van der Waals surface area contributed by atoms with Gasteiger partial charge in [0.05, 0.1) is 18.6 Å². The third-order valence-corrected chi connectivity index (χ3v) is 10.5. The minimum Gasteiger partial charge on any atom is -0.388 e. The van der Waals surface area contributed by atoms with Crippen LogP contribution in [0.15, 0.2) is 0 Å². The van der Waals surface area contributed by atoms with Crippen molar-refractivity contribution >= 4 is 35.3 Å². The van der Waals surface area contributed by atoms with E-state index in [9.17, 15) is 24.9 Å². The lowest BCUT2D eigenvalue weighted by Crippen LogP contribution is -2.65. The number of ether oxygens (including phenoxy) is 1. The number of carbonyl (C=O) groups excluding carboxylic acids is 2. The van der Waals surface area contributed by atoms with Crippen LogP contribution in [0.5, 0.6) is 0 Å². The molecule has 6 N–H and O–H groups in total. The third kappa shape index (κ3) is 7.53. The standard InChI is InChI=1S/C25H46N4O6S2/c1-5-6-15-11-17(28(3)13-15)24(34)27-19(23-21(32)20(31)22(33)25(35-23)36-4)14(2)37-16-7-9-29(10-8-16)18(30)12-26/h14-17,19-23,25,31-33H,5-13,26H2,1-4H3,(H,27,34)/t14-,15+,17-,19-,20-,21+,22+,23?,25+/m0/s1. The van der Waals surface area contributed by atoms with E-state index in [0.717, 1.165) is 38.6 Å². The zero-order valence-corrected chi connectivity index (χ0v) is 24.1. The predicted octanol–water partition coefficient (Wildman–Crippen LogP) is -0.166. The number of hydrogen-bond acceptors (Lipinski definition) is 10. The van der Waals surface area contributed by atoms with E-state index in [1.807, 2.05) is 14.0 Å². The Morgan fingerprint density at radius 1 is 1.16 bits per heavy atom. The van der Waals surface area contributed by atoms with Gasteiger partial charge in [-0.25, -0.2) is 0 Å². The van der Waals surface area contributed by atoms with Crippen LogP contribution in [0.2, 0.25) is 0 Å². The maximum Gasteiger partial charge on any atom is 0.237 e. The summed E-state index contributed by atoms with van der Waals surface area (Å²) in [5.41, 5.74) is 4.80. The fourth-order valence-electron chi connectivity index (χ4n) is 5.88. The monoisotopic (exact) mass is 562 g/mol. The van der Waals surface area contributed by atoms with Crippen molar-refractivity contribution in [2.45, 2.75) is 98.4 Å². The second-order valence-electron chi connectivity index (χ2n) is 10.7. The molecule has 0 spiro atoms. The molecule has 0 saturated carbocycles. The molecule has 9 atom stereocenters. The van der Waals surface area contributed by atoms with Crippen molar-refractivity contribution in [1.82, 2.24) is 15.1 Å². The number of hydrogen-bond donors (Lipinski definition) is 5. The van der Waals surface area contributed by atoms with E-state index in [-0.39, 0.29) is 34.9 Å². The first-order valence-corrected chi connectivity index (χ1v) is 15.7. The van der Waals surface area contributed by atoms with Gasteiger partial charge in [-0.1, -0.05) is 20.3 Å². The molecule has 1 unspecified atom stereocenters. The number of nitrogens with one attached hydrogen (secondary N) is 1. The number of rotatable bonds is 10. The number of likely N-dealkylation sites (tertiary alicyclic amines) is 2. The molecule has 12 heteroatoms. The lowest BCUT2D eigenvalue weighted by Gasteiger charge is -2.45. The van der Waals surface area contributed by atoms with Gasteiger partial charge in [-0.3, -0.25) is 14.5 Å². The predicted molar refractivity (Wildman–Crippen MR) is 147 cm³/mol. The lowest BCUT2D eigenvalue weighted by atomic mass is 9.92. The summed E-state index contributed by atoms with van der Waals surface area (Å²) in [4.78, 5) is 29.4. The smallest absolute Gasteiger partial charge is 0.237 e. The molecule has 37 heavy (non-hydrogen) atoms. The SMILES string of the molecule is CCC[C@@H]1C[C@@H](C(=O)N[C@H](C2O[C@H](SC)[C@H](O)[C@@H](O)[C@H]2O)[C@H](C)SC2CCN(C(=O)CN)CC2)N(C)C1. The number of aliphatic hydroxyl groups is 3. The highest BCUT2D eigenvalue weighted by Gasteiger charge is 2.49. The summed E-state index contributed by atoms with van der Waals surface area (Å²) in [6.45, 7) is 6.34. The summed E-state index contributed by atoms with van der Waals surface area (Å²) in [7, 11) is 1.97. The average Bonchev–Trinajstić information content (AvgIpc) is 3.26. The molecular weight excluding hydrogens is 516 g/mol. The number of aliphatic hydroxyl groups excluding tert-OH is 3. The van der Waals surface area contributed by atoms with E-state index in [2.05, 4.69) is 17.1 Å². The van der Waals surface area contributed by atoms with Gasteiger partial charge in [0.1, 0.15) is 29.9 Å². The highest BCUT2D eigenvalue weighted by molar-refractivity contribution is 8.00. The maximum absolute atomic E-state index is 13.5. The number of amides is 2. The molecule has 0 radical (unpaired) electrons. The topological polar surface area (TPSA) is 149 Å². The van der Waals surface area contributed by atoms with Crippen molar-refractivity contribution in [1.29, 1.82) is 0 Å². The Bertz CT molecular complexity index is 757. The second kappa shape index (κ2) is 14.2. The molecule has 10 nitrogen and oxygen atoms in total. The first kappa shape index (κ1) is 30.9. The molecule has 3 fully saturated rings. The fraction of sp³-hybridized carbons (Fsp3) is 0.920. The summed E-state index contributed by atoms with van der Waals surface area (Å²) < 4.78 is 6.11. The number of thioether (sulfide) groups is 2. The Kier molecular flexibility index (Phi) is 11.8. The Hall–Kier alpha value is -0.600. The number of carbonyl (C=O) groups is 2. The maximum atomic E-state index is 13.5. The van der Waals surface area contributed by atoms with Crippen LogP contribution in [0.4, 0.5) is 0 Å². The van der Waals surface area contributed by atoms with Gasteiger partial charge in [0, 0.05) is 30.1 Å². The molecule has 2 amide bonds. The van der Waals surface area contributed by atoms with Gasteiger partial charge in [-0.05, 0) is 44.9 Å². The molecule has 3 heterocycles. The molecule has 3 aliphatic heterocycles. The Balaban J connectivity index is 1.74. The van der Waals surface area contributed by atoms with Gasteiger partial charge in [0.25, 0.3) is 0 Å². The average molecular weight is 563 g/mol. The summed E-state index contributed by atoms with van der Waals surface area (Å²) in [5, 5.41) is 35.2. The number of nitrogens with two attached hydrogens (primary N) is 1. The summed E-state index contributed by atoms with van der Waals surface area (Å²) in [5.74, 6) is 0.337. The van der Waals surface area contributed by atoms with Crippen molar-refractivity contribution in [3.8, 4) is 0 Å². The normalized spacial score (nSPS) is 35.4. The fourth-order valence-corrected chi connectivity index (χ4v) is 8.04. The highest BCUT2D eigenvalue weighted by atomic mass is 32.2. The summed E-state index contributed by atoms with van der Waals surface area (Å²) in [6.07, 6.45) is 1.55. The van der Waals surface area contributed by atoms with Gasteiger partial charge in [-0.2, -0.15) is 11.8 Å². The van der Waals surface area contributed by atoms with E-state index in [1.165, 1.54) is 11.8 Å². The van der Waals surface area contributed by atoms with Crippen molar-refractivity contribution in [3.63, 3.8) is 0 Å². The summed E-state index contributed by atoms with van der Waals surface area (Å²) >= 11 is 2.98. The molecule has 3 rings (SSSR count). The Morgan fingerprint density at radius 2 is 1.84 bits per heavy atom. The molecule has 0 aromatic rings. The van der Waals surface area contributed by atoms with Crippen LogP contribution in [0.3, 0.4) is 0 Å². The first-order valence-electron chi connectivity index (χ1n) is 13.5. The van der Waals surface area contributed by atoms with Gasteiger partial charge >= 0.3 is 0 Å². The van der Waals surface area contributed by atoms with Crippen LogP contribution in [0.1, 0.15) is 46.0 Å². The van der Waals surface area contributed by atoms with Gasteiger partial charge in [0.15, 0.2) is 0 Å². The third-order valence-electron chi connectivity index (χ3n) is 8.02. The highest BCUT2D eigenvalue weighted by Crippen LogP contribution is 2.35. The van der Waals surface area contributed by atoms with Crippen LogP contribution >= 0.6 is 23.5 Å². The van der Waals surface area contributed by atoms with Crippen molar-refractivity contribution in [2.24, 2.45) is 11.7 Å². The van der Waals surface area contributed by atoms with E-state index < -0.39 is 35.9 Å². The zero-order valence-electron chi connectivity index (χ0n) is 22.5. The molecular formula is C25H46N4O6S2. The van der Waals surface area contributed by atoms with E-state index in [0.29, 0.717) is 19.0 Å². The molecule has 0 aromatic heterocycles. The Morgan fingerprint density at radius 3 is 2.43 bits per heavy atom. The number of piperidine rings is 1. The van der Waals surface area contributed by atoms with Crippen LogP contribution < -0.4 is 11.1 Å². The van der Waals surface area contributed by atoms with Gasteiger partial charge in [0.2, 0.25) is 11.8 Å². The molecule has 214 valence electrons. The van der Waals surface area contributed by atoms with E-state index >= 15 is 0 Å². The van der Waals surface area contributed by atoms with E-state index in [1.54, 1.807) is 22.9 Å². The minimum absolute atomic E-state index is 0.0126. The van der Waals surface area contributed by atoms with E-state index in [4.69, 9.17) is 10.5 Å². The second-order valence-corrected chi connectivity index (χ2v) is 13.3. The van der Waals surface area contributed by atoms with Crippen LogP contribution in [-0.2, 0) is 14.3 Å². The molecule has 0 aliphatic carbocycles. The van der Waals surface area contributed by atoms with Crippen molar-refractivity contribution < 1.29 is 29.6 Å².